The molecule has 0 fully saturated rings. The zero-order valence-electron chi connectivity index (χ0n) is 16.5. The monoisotopic (exact) mass is 422 g/mol. The van der Waals surface area contributed by atoms with Crippen molar-refractivity contribution in [2.45, 2.75) is 32.8 Å². The van der Waals surface area contributed by atoms with Gasteiger partial charge in [-0.1, -0.05) is 6.92 Å². The van der Waals surface area contributed by atoms with Crippen LogP contribution in [0.4, 0.5) is 18.9 Å². The minimum atomic E-state index is -3.37. The van der Waals surface area contributed by atoms with E-state index in [1.54, 1.807) is 19.9 Å². The lowest BCUT2D eigenvalue weighted by Gasteiger charge is -2.14. The van der Waals surface area contributed by atoms with E-state index in [-0.39, 0.29) is 17.0 Å². The summed E-state index contributed by atoms with van der Waals surface area (Å²) in [5, 5.41) is 9.68. The third-order valence-corrected chi connectivity index (χ3v) is 3.77. The van der Waals surface area contributed by atoms with E-state index < -0.39 is 29.8 Å². The average molecular weight is 422 g/mol. The number of allylic oxidation sites excluding steroid dienone is 2. The first-order chi connectivity index (χ1) is 13.9. The molecule has 2 rings (SSSR count). The Kier molecular flexibility index (Phi) is 7.04. The van der Waals surface area contributed by atoms with E-state index in [0.29, 0.717) is 18.4 Å². The van der Waals surface area contributed by atoms with Crippen molar-refractivity contribution in [2.24, 2.45) is 5.73 Å². The molecule has 160 valence electrons. The summed E-state index contributed by atoms with van der Waals surface area (Å²) < 4.78 is 49.2. The molecule has 0 aliphatic carbocycles. The van der Waals surface area contributed by atoms with Crippen LogP contribution in [0.5, 0.6) is 5.75 Å². The van der Waals surface area contributed by atoms with Crippen LogP contribution in [0.25, 0.3) is 0 Å². The summed E-state index contributed by atoms with van der Waals surface area (Å²) in [5.41, 5.74) is 5.71. The largest absolute Gasteiger partial charge is 0.432 e. The topological polar surface area (TPSA) is 110 Å². The fourth-order valence-corrected chi connectivity index (χ4v) is 2.60. The smallest absolute Gasteiger partial charge is 0.394 e. The Hall–Kier alpha value is -3.56. The number of nitrogens with two attached hydrogens (primary N) is 1. The van der Waals surface area contributed by atoms with Gasteiger partial charge < -0.3 is 20.5 Å². The Morgan fingerprint density at radius 3 is 2.60 bits per heavy atom. The van der Waals surface area contributed by atoms with Gasteiger partial charge in [-0.05, 0) is 48.9 Å². The molecule has 2 aromatic rings. The minimum absolute atomic E-state index is 0.0358. The third-order valence-electron chi connectivity index (χ3n) is 3.77. The van der Waals surface area contributed by atoms with Crippen LogP contribution in [0, 0.1) is 11.2 Å². The first kappa shape index (κ1) is 22.7. The van der Waals surface area contributed by atoms with Crippen LogP contribution in [-0.2, 0) is 4.74 Å². The van der Waals surface area contributed by atoms with Gasteiger partial charge in [0.15, 0.2) is 0 Å². The van der Waals surface area contributed by atoms with Gasteiger partial charge in [0, 0.05) is 18.5 Å². The molecular weight excluding hydrogens is 401 g/mol. The number of anilines is 1. The van der Waals surface area contributed by atoms with Crippen LogP contribution in [0.1, 0.15) is 42.7 Å². The number of hydrogen-bond donors (Lipinski definition) is 3. The van der Waals surface area contributed by atoms with Crippen molar-refractivity contribution in [1.29, 1.82) is 5.41 Å². The maximum atomic E-state index is 14.2. The Bertz CT molecular complexity index is 957. The van der Waals surface area contributed by atoms with Crippen molar-refractivity contribution >= 4 is 17.6 Å². The summed E-state index contributed by atoms with van der Waals surface area (Å²) in [6.45, 7) is 3.87. The van der Waals surface area contributed by atoms with Gasteiger partial charge in [0.2, 0.25) is 0 Å². The van der Waals surface area contributed by atoms with Gasteiger partial charge in [-0.15, -0.1) is 0 Å². The highest BCUT2D eigenvalue weighted by molar-refractivity contribution is 6.02. The highest BCUT2D eigenvalue weighted by Gasteiger charge is 2.23. The maximum Gasteiger partial charge on any atom is 0.394 e. The molecule has 10 heteroatoms. The Labute approximate surface area is 171 Å². The molecular formula is C20H21F3N4O3. The molecule has 1 aromatic carbocycles. The van der Waals surface area contributed by atoms with Crippen molar-refractivity contribution in [2.75, 3.05) is 5.32 Å². The number of carbonyl (C=O) groups excluding carboxylic acids is 1. The first-order valence-electron chi connectivity index (χ1n) is 8.78. The number of carbonyl (C=O) groups is 1. The zero-order valence-corrected chi connectivity index (χ0v) is 16.5. The van der Waals surface area contributed by atoms with Gasteiger partial charge in [0.25, 0.3) is 11.9 Å². The molecule has 1 amide bonds. The predicted molar refractivity (Wildman–Crippen MR) is 105 cm³/mol. The molecule has 1 aromatic heterocycles. The van der Waals surface area contributed by atoms with E-state index >= 15 is 0 Å². The summed E-state index contributed by atoms with van der Waals surface area (Å²) in [6, 6.07) is 5.97. The molecule has 0 saturated carbocycles. The third kappa shape index (κ3) is 6.80. The van der Waals surface area contributed by atoms with Crippen LogP contribution in [0.3, 0.4) is 0 Å². The van der Waals surface area contributed by atoms with Crippen LogP contribution < -0.4 is 15.8 Å². The highest BCUT2D eigenvalue weighted by Crippen LogP contribution is 2.26. The number of amidine groups is 1. The second-order valence-corrected chi connectivity index (χ2v) is 6.51. The van der Waals surface area contributed by atoms with Gasteiger partial charge in [-0.3, -0.25) is 10.2 Å². The molecule has 1 heterocycles. The number of nitrogens with one attached hydrogen (secondary N) is 2. The van der Waals surface area contributed by atoms with Crippen molar-refractivity contribution in [3.8, 4) is 5.75 Å². The number of aromatic nitrogens is 1. The molecule has 4 N–H and O–H groups in total. The number of rotatable bonds is 7. The van der Waals surface area contributed by atoms with Crippen molar-refractivity contribution in [1.82, 2.24) is 4.98 Å². The number of ether oxygens (including phenoxy) is 2. The summed E-state index contributed by atoms with van der Waals surface area (Å²) in [5.74, 6) is -1.40. The van der Waals surface area contributed by atoms with E-state index in [0.717, 1.165) is 6.20 Å². The lowest BCUT2D eigenvalue weighted by molar-refractivity contribution is -0.159. The number of hydrogen-bond acceptors (Lipinski definition) is 5. The molecule has 0 bridgehead atoms. The standard InChI is InChI=1S/C20H21F3N4O3/c1-11(8-12(2)29-19(24)25)15-9-13(4-6-16(15)21)27-18(28)17-7-5-14(10-26-17)30-20(3,22)23/h4-11H,1-3H3,(H3,24,25)(H,27,28)/b12-8-/t11-/m1/s1. The fraction of sp³-hybridized carbons (Fsp3) is 0.250. The number of alkyl halides is 2. The molecule has 0 unspecified atom stereocenters. The predicted octanol–water partition coefficient (Wildman–Crippen LogP) is 4.38. The molecule has 1 atom stereocenters. The summed E-state index contributed by atoms with van der Waals surface area (Å²) >= 11 is 0. The first-order valence-corrected chi connectivity index (χ1v) is 8.78. The van der Waals surface area contributed by atoms with E-state index in [1.807, 2.05) is 0 Å². The average Bonchev–Trinajstić information content (AvgIpc) is 2.61. The number of nitrogens with zero attached hydrogens (tertiary/aromatic N) is 1. The fourth-order valence-electron chi connectivity index (χ4n) is 2.60. The van der Waals surface area contributed by atoms with Crippen LogP contribution in [-0.4, -0.2) is 23.0 Å². The zero-order chi connectivity index (χ0) is 22.5. The van der Waals surface area contributed by atoms with E-state index in [1.165, 1.54) is 30.3 Å². The summed E-state index contributed by atoms with van der Waals surface area (Å²) in [6.07, 6.45) is -0.781. The highest BCUT2D eigenvalue weighted by atomic mass is 19.3. The molecule has 7 nitrogen and oxygen atoms in total. The number of amides is 1. The molecule has 0 aliphatic heterocycles. The van der Waals surface area contributed by atoms with Crippen molar-refractivity contribution in [3.63, 3.8) is 0 Å². The van der Waals surface area contributed by atoms with Crippen LogP contribution in [0.2, 0.25) is 0 Å². The Balaban J connectivity index is 2.14. The normalized spacial score (nSPS) is 12.8. The summed E-state index contributed by atoms with van der Waals surface area (Å²) in [4.78, 5) is 16.1. The number of halogens is 3. The van der Waals surface area contributed by atoms with Crippen LogP contribution in [0.15, 0.2) is 48.4 Å². The molecule has 0 radical (unpaired) electrons. The number of pyridine rings is 1. The molecule has 0 spiro atoms. The van der Waals surface area contributed by atoms with Crippen molar-refractivity contribution < 1.29 is 27.4 Å². The lowest BCUT2D eigenvalue weighted by Crippen LogP contribution is -2.19. The van der Waals surface area contributed by atoms with Gasteiger partial charge in [0.05, 0.1) is 6.20 Å². The van der Waals surface area contributed by atoms with Crippen LogP contribution >= 0.6 is 0 Å². The maximum absolute atomic E-state index is 14.2. The summed E-state index contributed by atoms with van der Waals surface area (Å²) in [7, 11) is 0. The van der Waals surface area contributed by atoms with Crippen molar-refractivity contribution in [3.05, 3.63) is 65.4 Å². The minimum Gasteiger partial charge on any atom is -0.432 e. The Morgan fingerprint density at radius 2 is 2.03 bits per heavy atom. The van der Waals surface area contributed by atoms with E-state index in [4.69, 9.17) is 15.9 Å². The van der Waals surface area contributed by atoms with Gasteiger partial charge >= 0.3 is 6.11 Å². The lowest BCUT2D eigenvalue weighted by atomic mass is 9.99. The number of benzene rings is 1. The van der Waals surface area contributed by atoms with Gasteiger partial charge in [-0.2, -0.15) is 8.78 Å². The van der Waals surface area contributed by atoms with Gasteiger partial charge in [-0.25, -0.2) is 9.37 Å². The molecule has 0 saturated heterocycles. The van der Waals surface area contributed by atoms with Gasteiger partial charge in [0.1, 0.15) is 23.0 Å². The molecule has 0 aliphatic rings. The van der Waals surface area contributed by atoms with E-state index in [9.17, 15) is 18.0 Å². The second kappa shape index (κ2) is 9.29. The SMILES string of the molecule is C/C(=C/[C@@H](C)c1cc(NC(=O)c2ccc(OC(C)(F)F)cn2)ccc1F)OC(=N)N. The second-order valence-electron chi connectivity index (χ2n) is 6.51. The quantitative estimate of drug-likeness (QED) is 0.348. The Morgan fingerprint density at radius 1 is 1.33 bits per heavy atom. The van der Waals surface area contributed by atoms with E-state index in [2.05, 4.69) is 15.0 Å². The molecule has 30 heavy (non-hydrogen) atoms.